The molecule has 0 aliphatic carbocycles. The molecule has 2 rings (SSSR count). The van der Waals surface area contributed by atoms with E-state index in [1.54, 1.807) is 0 Å². The van der Waals surface area contributed by atoms with E-state index >= 15 is 0 Å². The Morgan fingerprint density at radius 3 is 2.08 bits per heavy atom. The Hall–Kier alpha value is -2.99. The van der Waals surface area contributed by atoms with E-state index in [1.807, 2.05) is 0 Å². The fourth-order valence-electron chi connectivity index (χ4n) is 1.60. The molecule has 0 saturated carbocycles. The lowest BCUT2D eigenvalue weighted by Crippen LogP contribution is -2.20. The second-order valence-corrected chi connectivity index (χ2v) is 4.62. The van der Waals surface area contributed by atoms with Gasteiger partial charge in [-0.3, -0.25) is 0 Å². The van der Waals surface area contributed by atoms with E-state index in [0.29, 0.717) is 0 Å². The van der Waals surface area contributed by atoms with Crippen molar-refractivity contribution in [1.82, 2.24) is 15.0 Å². The monoisotopic (exact) mass is 383 g/mol. The number of benzene rings is 1. The van der Waals surface area contributed by atoms with Crippen molar-refractivity contribution in [1.29, 1.82) is 0 Å². The van der Waals surface area contributed by atoms with Crippen molar-refractivity contribution in [2.75, 3.05) is 24.3 Å². The van der Waals surface area contributed by atoms with Crippen LogP contribution in [-0.2, 0) is 0 Å². The van der Waals surface area contributed by atoms with E-state index in [0.717, 1.165) is 12.1 Å². The maximum absolute atomic E-state index is 12.2. The molecule has 26 heavy (non-hydrogen) atoms. The Morgan fingerprint density at radius 1 is 0.923 bits per heavy atom. The Morgan fingerprint density at radius 2 is 1.54 bits per heavy atom. The number of nitrogens with one attached hydrogen (secondary N) is 2. The lowest BCUT2D eigenvalue weighted by Gasteiger charge is -2.11. The molecule has 0 saturated heterocycles. The minimum Gasteiger partial charge on any atom is -0.454 e. The van der Waals surface area contributed by atoms with Gasteiger partial charge in [-0.25, -0.2) is 0 Å². The molecular weight excluding hydrogens is 372 g/mol. The summed E-state index contributed by atoms with van der Waals surface area (Å²) in [6, 6.07) is 3.97. The summed E-state index contributed by atoms with van der Waals surface area (Å²) in [6.07, 6.45) is -9.40. The molecule has 0 atom stereocenters. The third-order valence-corrected chi connectivity index (χ3v) is 2.55. The zero-order valence-electron chi connectivity index (χ0n) is 12.9. The van der Waals surface area contributed by atoms with Crippen LogP contribution in [-0.4, -0.2) is 41.1 Å². The summed E-state index contributed by atoms with van der Waals surface area (Å²) in [5, 5.41) is 5.12. The maximum atomic E-state index is 12.2. The molecule has 0 fully saturated rings. The Balaban J connectivity index is 2.12. The fraction of sp³-hybridized carbons (Fsp3) is 0.308. The van der Waals surface area contributed by atoms with Crippen LogP contribution < -0.4 is 20.1 Å². The SMILES string of the molecule is CNc1nc(Nc2ccc(OC(F)(F)F)cc2)nc(OCC(F)(F)F)n1. The van der Waals surface area contributed by atoms with E-state index in [4.69, 9.17) is 0 Å². The van der Waals surface area contributed by atoms with Crippen LogP contribution in [0.4, 0.5) is 43.9 Å². The van der Waals surface area contributed by atoms with Gasteiger partial charge in [0.1, 0.15) is 5.75 Å². The Bertz CT molecular complexity index is 735. The highest BCUT2D eigenvalue weighted by Crippen LogP contribution is 2.25. The summed E-state index contributed by atoms with van der Waals surface area (Å²) in [6.45, 7) is -1.59. The van der Waals surface area contributed by atoms with Crippen molar-refractivity contribution in [2.24, 2.45) is 0 Å². The van der Waals surface area contributed by atoms with Crippen LogP contribution in [0.15, 0.2) is 24.3 Å². The second kappa shape index (κ2) is 7.49. The van der Waals surface area contributed by atoms with E-state index in [9.17, 15) is 26.3 Å². The molecule has 0 spiro atoms. The average molecular weight is 383 g/mol. The second-order valence-electron chi connectivity index (χ2n) is 4.62. The highest BCUT2D eigenvalue weighted by Gasteiger charge is 2.31. The van der Waals surface area contributed by atoms with E-state index in [2.05, 4.69) is 35.1 Å². The largest absolute Gasteiger partial charge is 0.573 e. The standard InChI is InChI=1S/C13H11F6N5O2/c1-20-9-22-10(24-11(23-9)25-6-12(14,15)16)21-7-2-4-8(5-3-7)26-13(17,18)19/h2-5H,6H2,1H3,(H2,20,21,22,23,24). The van der Waals surface area contributed by atoms with Crippen molar-refractivity contribution in [2.45, 2.75) is 12.5 Å². The molecule has 142 valence electrons. The average Bonchev–Trinajstić information content (AvgIpc) is 2.52. The zero-order chi connectivity index (χ0) is 19.4. The fourth-order valence-corrected chi connectivity index (χ4v) is 1.60. The molecule has 13 heteroatoms. The number of rotatable bonds is 6. The molecule has 0 radical (unpaired) electrons. The quantitative estimate of drug-likeness (QED) is 0.739. The van der Waals surface area contributed by atoms with Gasteiger partial charge in [0.25, 0.3) is 0 Å². The highest BCUT2D eigenvalue weighted by atomic mass is 19.4. The summed E-state index contributed by atoms with van der Waals surface area (Å²) in [7, 11) is 1.43. The molecule has 7 nitrogen and oxygen atoms in total. The lowest BCUT2D eigenvalue weighted by molar-refractivity contribution is -0.274. The van der Waals surface area contributed by atoms with Crippen molar-refractivity contribution in [3.8, 4) is 11.8 Å². The van der Waals surface area contributed by atoms with Crippen LogP contribution in [0, 0.1) is 0 Å². The van der Waals surface area contributed by atoms with Crippen LogP contribution in [0.1, 0.15) is 0 Å². The number of alkyl halides is 6. The molecule has 0 aliphatic rings. The number of nitrogens with zero attached hydrogens (tertiary/aromatic N) is 3. The van der Waals surface area contributed by atoms with Crippen LogP contribution in [0.25, 0.3) is 0 Å². The summed E-state index contributed by atoms with van der Waals surface area (Å²) < 4.78 is 81.1. The molecular formula is C13H11F6N5O2. The van der Waals surface area contributed by atoms with Crippen LogP contribution in [0.3, 0.4) is 0 Å². The van der Waals surface area contributed by atoms with Crippen LogP contribution >= 0.6 is 0 Å². The van der Waals surface area contributed by atoms with Gasteiger partial charge in [0, 0.05) is 12.7 Å². The van der Waals surface area contributed by atoms with Gasteiger partial charge in [0.2, 0.25) is 11.9 Å². The Kier molecular flexibility index (Phi) is 5.57. The first-order valence-corrected chi connectivity index (χ1v) is 6.80. The summed E-state index contributed by atoms with van der Waals surface area (Å²) >= 11 is 0. The normalized spacial score (nSPS) is 11.8. The van der Waals surface area contributed by atoms with Gasteiger partial charge in [-0.2, -0.15) is 28.1 Å². The molecule has 1 aromatic carbocycles. The van der Waals surface area contributed by atoms with Gasteiger partial charge in [-0.05, 0) is 24.3 Å². The molecule has 0 amide bonds. The first kappa shape index (κ1) is 19.3. The predicted octanol–water partition coefficient (Wildman–Crippen LogP) is 3.50. The highest BCUT2D eigenvalue weighted by molar-refractivity contribution is 5.55. The number of aromatic nitrogens is 3. The summed E-state index contributed by atoms with van der Waals surface area (Å²) in [5.41, 5.74) is 0.259. The number of halogens is 6. The third kappa shape index (κ3) is 6.49. The van der Waals surface area contributed by atoms with E-state index in [1.165, 1.54) is 19.2 Å². The van der Waals surface area contributed by atoms with Crippen LogP contribution in [0.5, 0.6) is 11.8 Å². The van der Waals surface area contributed by atoms with E-state index in [-0.39, 0.29) is 17.6 Å². The lowest BCUT2D eigenvalue weighted by atomic mass is 10.3. The molecule has 2 aromatic rings. The van der Waals surface area contributed by atoms with Crippen molar-refractivity contribution in [3.63, 3.8) is 0 Å². The summed E-state index contributed by atoms with van der Waals surface area (Å²) in [4.78, 5) is 11.1. The topological polar surface area (TPSA) is 81.2 Å². The first-order chi connectivity index (χ1) is 12.0. The smallest absolute Gasteiger partial charge is 0.454 e. The van der Waals surface area contributed by atoms with E-state index < -0.39 is 30.9 Å². The van der Waals surface area contributed by atoms with Gasteiger partial charge < -0.3 is 20.1 Å². The minimum atomic E-state index is -4.82. The van der Waals surface area contributed by atoms with Gasteiger partial charge in [-0.15, -0.1) is 13.2 Å². The Labute approximate surface area is 142 Å². The third-order valence-electron chi connectivity index (χ3n) is 2.55. The van der Waals surface area contributed by atoms with Gasteiger partial charge >= 0.3 is 18.5 Å². The van der Waals surface area contributed by atoms with Crippen molar-refractivity contribution in [3.05, 3.63) is 24.3 Å². The van der Waals surface area contributed by atoms with Gasteiger partial charge in [-0.1, -0.05) is 0 Å². The first-order valence-electron chi connectivity index (χ1n) is 6.80. The number of hydrogen-bond acceptors (Lipinski definition) is 7. The molecule has 0 bridgehead atoms. The molecule has 0 aliphatic heterocycles. The number of ether oxygens (including phenoxy) is 2. The molecule has 0 unspecified atom stereocenters. The van der Waals surface area contributed by atoms with Crippen LogP contribution in [0.2, 0.25) is 0 Å². The molecule has 1 aromatic heterocycles. The van der Waals surface area contributed by atoms with Gasteiger partial charge in [0.05, 0.1) is 0 Å². The molecule has 2 N–H and O–H groups in total. The molecule has 1 heterocycles. The summed E-state index contributed by atoms with van der Waals surface area (Å²) in [5.74, 6) is -0.688. The van der Waals surface area contributed by atoms with Crippen molar-refractivity contribution >= 4 is 17.6 Å². The predicted molar refractivity (Wildman–Crippen MR) is 77.3 cm³/mol. The number of hydrogen-bond donors (Lipinski definition) is 2. The van der Waals surface area contributed by atoms with Crippen molar-refractivity contribution < 1.29 is 35.8 Å². The zero-order valence-corrected chi connectivity index (χ0v) is 12.9. The minimum absolute atomic E-state index is 0.0725. The van der Waals surface area contributed by atoms with Gasteiger partial charge in [0.15, 0.2) is 6.61 Å². The number of anilines is 3. The maximum Gasteiger partial charge on any atom is 0.573 e.